The van der Waals surface area contributed by atoms with E-state index in [-0.39, 0.29) is 18.5 Å². The van der Waals surface area contributed by atoms with Crippen LogP contribution in [0.15, 0.2) is 42.0 Å². The summed E-state index contributed by atoms with van der Waals surface area (Å²) in [7, 11) is 0. The van der Waals surface area contributed by atoms with Gasteiger partial charge in [0, 0.05) is 19.0 Å². The van der Waals surface area contributed by atoms with Crippen molar-refractivity contribution in [3.8, 4) is 0 Å². The minimum absolute atomic E-state index is 0.0335. The highest BCUT2D eigenvalue weighted by molar-refractivity contribution is 5.74. The van der Waals surface area contributed by atoms with E-state index in [0.29, 0.717) is 19.4 Å². The van der Waals surface area contributed by atoms with Gasteiger partial charge in [0.25, 0.3) is 0 Å². The Morgan fingerprint density at radius 1 is 1.23 bits per heavy atom. The zero-order valence-electron chi connectivity index (χ0n) is 13.1. The van der Waals surface area contributed by atoms with Gasteiger partial charge in [-0.15, -0.1) is 0 Å². The molecule has 0 fully saturated rings. The highest BCUT2D eigenvalue weighted by Gasteiger charge is 2.14. The molecule has 0 aliphatic carbocycles. The summed E-state index contributed by atoms with van der Waals surface area (Å²) in [6.07, 6.45) is 2.97. The molecule has 0 bridgehead atoms. The van der Waals surface area contributed by atoms with Crippen molar-refractivity contribution in [3.05, 3.63) is 47.5 Å². The third-order valence-electron chi connectivity index (χ3n) is 3.14. The summed E-state index contributed by atoms with van der Waals surface area (Å²) in [5.41, 5.74) is 2.20. The molecule has 22 heavy (non-hydrogen) atoms. The lowest BCUT2D eigenvalue weighted by Gasteiger charge is -2.18. The molecule has 3 N–H and O–H groups in total. The van der Waals surface area contributed by atoms with E-state index in [1.807, 2.05) is 50.3 Å². The summed E-state index contributed by atoms with van der Waals surface area (Å²) in [6, 6.07) is 9.24. The second-order valence-electron chi connectivity index (χ2n) is 5.45. The van der Waals surface area contributed by atoms with E-state index in [1.165, 1.54) is 0 Å². The Hall–Kier alpha value is -2.30. The van der Waals surface area contributed by atoms with Gasteiger partial charge in [0.15, 0.2) is 0 Å². The van der Waals surface area contributed by atoms with Crippen molar-refractivity contribution in [1.29, 1.82) is 0 Å². The van der Waals surface area contributed by atoms with Crippen molar-refractivity contribution in [3.63, 3.8) is 0 Å². The number of aliphatic carboxylic acids is 1. The van der Waals surface area contributed by atoms with E-state index >= 15 is 0 Å². The molecule has 0 aliphatic rings. The summed E-state index contributed by atoms with van der Waals surface area (Å²) >= 11 is 0. The summed E-state index contributed by atoms with van der Waals surface area (Å²) < 4.78 is 0. The number of benzene rings is 1. The van der Waals surface area contributed by atoms with Crippen LogP contribution in [-0.2, 0) is 11.2 Å². The van der Waals surface area contributed by atoms with Crippen molar-refractivity contribution in [2.75, 3.05) is 6.54 Å². The zero-order valence-corrected chi connectivity index (χ0v) is 13.1. The molecule has 0 saturated heterocycles. The Balaban J connectivity index is 2.55. The summed E-state index contributed by atoms with van der Waals surface area (Å²) in [5.74, 6) is -0.857. The van der Waals surface area contributed by atoms with Crippen LogP contribution in [0.3, 0.4) is 0 Å². The molecule has 120 valence electrons. The van der Waals surface area contributed by atoms with Gasteiger partial charge >= 0.3 is 12.0 Å². The quantitative estimate of drug-likeness (QED) is 0.646. The predicted octanol–water partition coefficient (Wildman–Crippen LogP) is 2.73. The molecule has 1 unspecified atom stereocenters. The lowest BCUT2D eigenvalue weighted by Crippen LogP contribution is -2.43. The topological polar surface area (TPSA) is 78.4 Å². The van der Waals surface area contributed by atoms with Crippen LogP contribution in [0.2, 0.25) is 0 Å². The van der Waals surface area contributed by atoms with Gasteiger partial charge in [-0.05, 0) is 32.3 Å². The van der Waals surface area contributed by atoms with Crippen molar-refractivity contribution in [2.45, 2.75) is 39.2 Å². The van der Waals surface area contributed by atoms with Gasteiger partial charge in [-0.2, -0.15) is 0 Å². The van der Waals surface area contributed by atoms with Crippen LogP contribution in [0.5, 0.6) is 0 Å². The Bertz CT molecular complexity index is 508. The monoisotopic (exact) mass is 304 g/mol. The first-order valence-electron chi connectivity index (χ1n) is 7.41. The number of carboxylic acid groups (broad SMARTS) is 1. The fraction of sp³-hybridized carbons (Fsp3) is 0.412. The van der Waals surface area contributed by atoms with Crippen LogP contribution in [-0.4, -0.2) is 29.7 Å². The number of rotatable bonds is 8. The first-order valence-corrected chi connectivity index (χ1v) is 7.41. The van der Waals surface area contributed by atoms with E-state index in [2.05, 4.69) is 10.6 Å². The fourth-order valence-corrected chi connectivity index (χ4v) is 2.01. The smallest absolute Gasteiger partial charge is 0.315 e. The SMILES string of the molecule is CC(C)=CCNC(=O)NC(CCC(=O)O)Cc1ccccc1. The second-order valence-corrected chi connectivity index (χ2v) is 5.45. The van der Waals surface area contributed by atoms with Crippen LogP contribution < -0.4 is 10.6 Å². The van der Waals surface area contributed by atoms with Gasteiger partial charge in [0.2, 0.25) is 0 Å². The molecule has 2 amide bonds. The maximum atomic E-state index is 11.9. The minimum atomic E-state index is -0.857. The Morgan fingerprint density at radius 3 is 2.50 bits per heavy atom. The van der Waals surface area contributed by atoms with Crippen molar-refractivity contribution in [1.82, 2.24) is 10.6 Å². The second kappa shape index (κ2) is 9.60. The van der Waals surface area contributed by atoms with E-state index in [1.54, 1.807) is 0 Å². The molecule has 0 spiro atoms. The Morgan fingerprint density at radius 2 is 1.91 bits per heavy atom. The summed E-state index contributed by atoms with van der Waals surface area (Å²) in [6.45, 7) is 4.39. The fourth-order valence-electron chi connectivity index (χ4n) is 2.01. The molecule has 1 aromatic carbocycles. The molecule has 5 nitrogen and oxygen atoms in total. The molecule has 0 radical (unpaired) electrons. The van der Waals surface area contributed by atoms with E-state index in [9.17, 15) is 9.59 Å². The van der Waals surface area contributed by atoms with Gasteiger partial charge in [-0.25, -0.2) is 4.79 Å². The number of carbonyl (C=O) groups excluding carboxylic acids is 1. The van der Waals surface area contributed by atoms with Crippen LogP contribution in [0, 0.1) is 0 Å². The van der Waals surface area contributed by atoms with Crippen molar-refractivity contribution >= 4 is 12.0 Å². The molecule has 1 atom stereocenters. The van der Waals surface area contributed by atoms with Gasteiger partial charge in [-0.1, -0.05) is 42.0 Å². The van der Waals surface area contributed by atoms with Crippen molar-refractivity contribution < 1.29 is 14.7 Å². The molecule has 0 heterocycles. The van der Waals surface area contributed by atoms with Crippen molar-refractivity contribution in [2.24, 2.45) is 0 Å². The first-order chi connectivity index (χ1) is 10.5. The Labute approximate surface area is 131 Å². The highest BCUT2D eigenvalue weighted by Crippen LogP contribution is 2.08. The van der Waals surface area contributed by atoms with Gasteiger partial charge in [0.05, 0.1) is 0 Å². The average Bonchev–Trinajstić information content (AvgIpc) is 2.45. The lowest BCUT2D eigenvalue weighted by atomic mass is 10.0. The third-order valence-corrected chi connectivity index (χ3v) is 3.14. The lowest BCUT2D eigenvalue weighted by molar-refractivity contribution is -0.137. The van der Waals surface area contributed by atoms with E-state index in [4.69, 9.17) is 5.11 Å². The molecule has 1 aromatic rings. The number of nitrogens with one attached hydrogen (secondary N) is 2. The van der Waals surface area contributed by atoms with Crippen LogP contribution in [0.1, 0.15) is 32.3 Å². The molecule has 5 heteroatoms. The number of carbonyl (C=O) groups is 2. The van der Waals surface area contributed by atoms with Crippen LogP contribution in [0.25, 0.3) is 0 Å². The molecular weight excluding hydrogens is 280 g/mol. The zero-order chi connectivity index (χ0) is 16.4. The molecule has 1 rings (SSSR count). The summed E-state index contributed by atoms with van der Waals surface area (Å²) in [4.78, 5) is 22.6. The third kappa shape index (κ3) is 8.09. The first kappa shape index (κ1) is 17.8. The normalized spacial score (nSPS) is 11.4. The van der Waals surface area contributed by atoms with Crippen LogP contribution in [0.4, 0.5) is 4.79 Å². The van der Waals surface area contributed by atoms with E-state index in [0.717, 1.165) is 11.1 Å². The maximum Gasteiger partial charge on any atom is 0.315 e. The largest absolute Gasteiger partial charge is 0.481 e. The Kier molecular flexibility index (Phi) is 7.75. The van der Waals surface area contributed by atoms with Gasteiger partial charge in [-0.3, -0.25) is 4.79 Å². The number of urea groups is 1. The predicted molar refractivity (Wildman–Crippen MR) is 86.8 cm³/mol. The van der Waals surface area contributed by atoms with Crippen LogP contribution >= 0.6 is 0 Å². The highest BCUT2D eigenvalue weighted by atomic mass is 16.4. The maximum absolute atomic E-state index is 11.9. The van der Waals surface area contributed by atoms with Gasteiger partial charge < -0.3 is 15.7 Å². The molecule has 0 saturated carbocycles. The number of hydrogen-bond donors (Lipinski definition) is 3. The minimum Gasteiger partial charge on any atom is -0.481 e. The number of carboxylic acids is 1. The number of hydrogen-bond acceptors (Lipinski definition) is 2. The average molecular weight is 304 g/mol. The van der Waals surface area contributed by atoms with Gasteiger partial charge in [0.1, 0.15) is 0 Å². The number of allylic oxidation sites excluding steroid dienone is 1. The molecule has 0 aromatic heterocycles. The van der Waals surface area contributed by atoms with E-state index < -0.39 is 5.97 Å². The standard InChI is InChI=1S/C17H24N2O3/c1-13(2)10-11-18-17(22)19-15(8-9-16(20)21)12-14-6-4-3-5-7-14/h3-7,10,15H,8-9,11-12H2,1-2H3,(H,20,21)(H2,18,19,22). The summed E-state index contributed by atoms with van der Waals surface area (Å²) in [5, 5.41) is 14.4. The molecule has 0 aliphatic heterocycles. The molecular formula is C17H24N2O3. The number of amides is 2.